The lowest BCUT2D eigenvalue weighted by Gasteiger charge is -2.23. The Labute approximate surface area is 109 Å². The number of rotatable bonds is 1. The molecule has 0 bridgehead atoms. The van der Waals surface area contributed by atoms with Gasteiger partial charge >= 0.3 is 0 Å². The minimum atomic E-state index is -0.280. The first-order chi connectivity index (χ1) is 9.15. The average molecular weight is 257 g/mol. The Morgan fingerprint density at radius 2 is 1.89 bits per heavy atom. The number of hydrogen-bond donors (Lipinski definition) is 1. The Kier molecular flexibility index (Phi) is 2.74. The van der Waals surface area contributed by atoms with Crippen LogP contribution in [0, 0.1) is 5.82 Å². The molecular formula is C14H12FN3O. The van der Waals surface area contributed by atoms with Crippen molar-refractivity contribution in [2.24, 2.45) is 0 Å². The summed E-state index contributed by atoms with van der Waals surface area (Å²) in [6.07, 6.45) is 2.35. The maximum atomic E-state index is 12.9. The van der Waals surface area contributed by atoms with Crippen LogP contribution in [0.25, 0.3) is 0 Å². The van der Waals surface area contributed by atoms with Gasteiger partial charge in [0.05, 0.1) is 11.3 Å². The number of ketones is 1. The molecule has 0 spiro atoms. The number of anilines is 1. The van der Waals surface area contributed by atoms with E-state index >= 15 is 0 Å². The summed E-state index contributed by atoms with van der Waals surface area (Å²) < 4.78 is 12.9. The number of Topliss-reactive ketones (excluding diaryl/α,β-unsaturated/α-hetero) is 1. The molecule has 1 aliphatic carbocycles. The largest absolute Gasteiger partial charge is 0.383 e. The van der Waals surface area contributed by atoms with Gasteiger partial charge in [-0.25, -0.2) is 14.4 Å². The van der Waals surface area contributed by atoms with Gasteiger partial charge in [0.15, 0.2) is 5.78 Å². The van der Waals surface area contributed by atoms with E-state index in [-0.39, 0.29) is 23.3 Å². The van der Waals surface area contributed by atoms with Gasteiger partial charge in [-0.1, -0.05) is 12.1 Å². The number of hydrogen-bond acceptors (Lipinski definition) is 4. The van der Waals surface area contributed by atoms with E-state index < -0.39 is 0 Å². The lowest BCUT2D eigenvalue weighted by atomic mass is 9.82. The fourth-order valence-electron chi connectivity index (χ4n) is 2.50. The second-order valence-electron chi connectivity index (χ2n) is 4.66. The van der Waals surface area contributed by atoms with Crippen molar-refractivity contribution in [3.8, 4) is 0 Å². The second kappa shape index (κ2) is 4.42. The Hall–Kier alpha value is -2.30. The maximum absolute atomic E-state index is 12.9. The minimum absolute atomic E-state index is 0.0231. The van der Waals surface area contributed by atoms with Crippen molar-refractivity contribution in [1.82, 2.24) is 9.97 Å². The summed E-state index contributed by atoms with van der Waals surface area (Å²) >= 11 is 0. The van der Waals surface area contributed by atoms with Gasteiger partial charge in [-0.2, -0.15) is 0 Å². The van der Waals surface area contributed by atoms with Crippen molar-refractivity contribution in [2.45, 2.75) is 18.8 Å². The summed E-state index contributed by atoms with van der Waals surface area (Å²) in [5, 5.41) is 0. The van der Waals surface area contributed by atoms with Crippen molar-refractivity contribution in [2.75, 3.05) is 5.73 Å². The number of carbonyl (C=O) groups is 1. The summed E-state index contributed by atoms with van der Waals surface area (Å²) in [6.45, 7) is 0. The lowest BCUT2D eigenvalue weighted by Crippen LogP contribution is -2.22. The van der Waals surface area contributed by atoms with Gasteiger partial charge in [-0.15, -0.1) is 0 Å². The number of fused-ring (bicyclic) bond motifs is 1. The van der Waals surface area contributed by atoms with E-state index in [4.69, 9.17) is 5.73 Å². The Balaban J connectivity index is 1.97. The third-order valence-corrected chi connectivity index (χ3v) is 3.45. The Bertz CT molecular complexity index is 640. The molecule has 2 N–H and O–H groups in total. The van der Waals surface area contributed by atoms with Crippen molar-refractivity contribution >= 4 is 11.6 Å². The molecule has 1 aromatic carbocycles. The van der Waals surface area contributed by atoms with Crippen LogP contribution in [-0.2, 0) is 6.42 Å². The fraction of sp³-hybridized carbons (Fsp3) is 0.214. The molecule has 1 atom stereocenters. The van der Waals surface area contributed by atoms with Crippen LogP contribution in [0.4, 0.5) is 10.2 Å². The predicted molar refractivity (Wildman–Crippen MR) is 68.2 cm³/mol. The normalized spacial score (nSPS) is 18.2. The zero-order valence-electron chi connectivity index (χ0n) is 10.1. The molecule has 1 heterocycles. The molecular weight excluding hydrogens is 245 g/mol. The van der Waals surface area contributed by atoms with Crippen LogP contribution in [-0.4, -0.2) is 15.8 Å². The fourth-order valence-corrected chi connectivity index (χ4v) is 2.50. The van der Waals surface area contributed by atoms with Crippen LogP contribution in [0.5, 0.6) is 0 Å². The first-order valence-electron chi connectivity index (χ1n) is 6.03. The van der Waals surface area contributed by atoms with E-state index in [0.29, 0.717) is 24.1 Å². The molecule has 0 aliphatic heterocycles. The lowest BCUT2D eigenvalue weighted by molar-refractivity contribution is 0.0963. The summed E-state index contributed by atoms with van der Waals surface area (Å²) in [6, 6.07) is 6.24. The van der Waals surface area contributed by atoms with Crippen LogP contribution in [0.3, 0.4) is 0 Å². The van der Waals surface area contributed by atoms with Gasteiger partial charge in [0.25, 0.3) is 0 Å². The van der Waals surface area contributed by atoms with E-state index in [9.17, 15) is 9.18 Å². The molecule has 0 saturated heterocycles. The quantitative estimate of drug-likeness (QED) is 0.849. The number of benzene rings is 1. The highest BCUT2D eigenvalue weighted by atomic mass is 19.1. The van der Waals surface area contributed by atoms with Crippen LogP contribution < -0.4 is 5.73 Å². The van der Waals surface area contributed by atoms with E-state index in [1.165, 1.54) is 18.5 Å². The number of nitrogen functional groups attached to an aromatic ring is 1. The minimum Gasteiger partial charge on any atom is -0.383 e. The van der Waals surface area contributed by atoms with Gasteiger partial charge in [0, 0.05) is 6.42 Å². The number of carbonyl (C=O) groups excluding carboxylic acids is 1. The molecule has 1 aliphatic rings. The molecule has 5 heteroatoms. The Morgan fingerprint density at radius 1 is 1.16 bits per heavy atom. The van der Waals surface area contributed by atoms with Crippen molar-refractivity contribution in [3.63, 3.8) is 0 Å². The van der Waals surface area contributed by atoms with E-state index in [1.807, 2.05) is 0 Å². The zero-order valence-corrected chi connectivity index (χ0v) is 10.1. The van der Waals surface area contributed by atoms with Gasteiger partial charge in [-0.05, 0) is 30.0 Å². The molecule has 2 aromatic rings. The molecule has 19 heavy (non-hydrogen) atoms. The topological polar surface area (TPSA) is 68.9 Å². The highest BCUT2D eigenvalue weighted by Gasteiger charge is 2.29. The summed E-state index contributed by atoms with van der Waals surface area (Å²) in [5.74, 6) is -0.0611. The van der Waals surface area contributed by atoms with Crippen LogP contribution in [0.1, 0.15) is 34.0 Å². The van der Waals surface area contributed by atoms with Crippen molar-refractivity contribution < 1.29 is 9.18 Å². The molecule has 0 amide bonds. The molecule has 4 nitrogen and oxygen atoms in total. The molecule has 0 unspecified atom stereocenters. The number of nitrogens with zero attached hydrogens (tertiary/aromatic N) is 2. The summed E-state index contributed by atoms with van der Waals surface area (Å²) in [5.41, 5.74) is 7.78. The molecule has 0 saturated carbocycles. The third-order valence-electron chi connectivity index (χ3n) is 3.45. The van der Waals surface area contributed by atoms with Gasteiger partial charge in [0.2, 0.25) is 0 Å². The zero-order chi connectivity index (χ0) is 13.4. The maximum Gasteiger partial charge on any atom is 0.169 e. The molecule has 3 rings (SSSR count). The number of nitrogens with two attached hydrogens (primary N) is 1. The second-order valence-corrected chi connectivity index (χ2v) is 4.66. The summed E-state index contributed by atoms with van der Waals surface area (Å²) in [7, 11) is 0. The molecule has 0 radical (unpaired) electrons. The third kappa shape index (κ3) is 2.07. The van der Waals surface area contributed by atoms with E-state index in [0.717, 1.165) is 5.56 Å². The van der Waals surface area contributed by atoms with Crippen molar-refractivity contribution in [1.29, 1.82) is 0 Å². The molecule has 0 fully saturated rings. The van der Waals surface area contributed by atoms with Gasteiger partial charge in [-0.3, -0.25) is 4.79 Å². The van der Waals surface area contributed by atoms with Crippen LogP contribution >= 0.6 is 0 Å². The van der Waals surface area contributed by atoms with Crippen molar-refractivity contribution in [3.05, 3.63) is 53.2 Å². The smallest absolute Gasteiger partial charge is 0.169 e. The van der Waals surface area contributed by atoms with Gasteiger partial charge in [0.1, 0.15) is 18.0 Å². The molecule has 96 valence electrons. The SMILES string of the molecule is Nc1ncnc2c1C(=O)C[C@H](c1ccc(F)cc1)C2. The highest BCUT2D eigenvalue weighted by molar-refractivity contribution is 6.02. The van der Waals surface area contributed by atoms with Crippen LogP contribution in [0.2, 0.25) is 0 Å². The first-order valence-corrected chi connectivity index (χ1v) is 6.03. The average Bonchev–Trinajstić information content (AvgIpc) is 2.39. The first kappa shape index (κ1) is 11.8. The summed E-state index contributed by atoms with van der Waals surface area (Å²) in [4.78, 5) is 20.1. The highest BCUT2D eigenvalue weighted by Crippen LogP contribution is 2.33. The number of aromatic nitrogens is 2. The monoisotopic (exact) mass is 257 g/mol. The Morgan fingerprint density at radius 3 is 2.63 bits per heavy atom. The van der Waals surface area contributed by atoms with E-state index in [1.54, 1.807) is 12.1 Å². The van der Waals surface area contributed by atoms with E-state index in [2.05, 4.69) is 9.97 Å². The van der Waals surface area contributed by atoms with Gasteiger partial charge < -0.3 is 5.73 Å². The predicted octanol–water partition coefficient (Wildman–Crippen LogP) is 2.11. The molecule has 1 aromatic heterocycles. The standard InChI is InChI=1S/C14H12FN3O/c15-10-3-1-8(2-4-10)9-5-11-13(12(19)6-9)14(16)18-7-17-11/h1-4,7,9H,5-6H2,(H2,16,17,18)/t9-/m1/s1. The van der Waals surface area contributed by atoms with Crippen LogP contribution in [0.15, 0.2) is 30.6 Å². The number of halogens is 1.